The van der Waals surface area contributed by atoms with Gasteiger partial charge in [-0.15, -0.1) is 0 Å². The Hall–Kier alpha value is -4.10. The van der Waals surface area contributed by atoms with E-state index in [2.05, 4.69) is 4.98 Å². The Morgan fingerprint density at radius 1 is 0.906 bits per heavy atom. The van der Waals surface area contributed by atoms with Crippen molar-refractivity contribution < 1.29 is 4.39 Å². The van der Waals surface area contributed by atoms with E-state index in [1.165, 1.54) is 23.5 Å². The molecule has 0 aliphatic carbocycles. The number of fused-ring (bicyclic) bond motifs is 3. The maximum absolute atomic E-state index is 13.5. The molecule has 5 nitrogen and oxygen atoms in total. The van der Waals surface area contributed by atoms with E-state index < -0.39 is 0 Å². The molecule has 0 saturated heterocycles. The fourth-order valence-corrected chi connectivity index (χ4v) is 4.77. The monoisotopic (exact) mass is 438 g/mol. The summed E-state index contributed by atoms with van der Waals surface area (Å²) in [5.74, 6) is -0.310. The Balaban J connectivity index is 1.58. The molecule has 0 aliphatic rings. The first kappa shape index (κ1) is 18.7. The van der Waals surface area contributed by atoms with Crippen LogP contribution in [0.5, 0.6) is 0 Å². The van der Waals surface area contributed by atoms with Crippen LogP contribution in [0.25, 0.3) is 39.0 Å². The summed E-state index contributed by atoms with van der Waals surface area (Å²) in [6.07, 6.45) is 3.72. The molecule has 154 valence electrons. The molecule has 0 aliphatic heterocycles. The zero-order valence-corrected chi connectivity index (χ0v) is 17.5. The van der Waals surface area contributed by atoms with E-state index in [-0.39, 0.29) is 11.4 Å². The maximum Gasteiger partial charge on any atom is 0.274 e. The molecule has 3 aromatic heterocycles. The summed E-state index contributed by atoms with van der Waals surface area (Å²) in [5, 5.41) is 4.74. The summed E-state index contributed by atoms with van der Waals surface area (Å²) in [5.41, 5.74) is 4.58. The van der Waals surface area contributed by atoms with Crippen LogP contribution < -0.4 is 10.1 Å². The average molecular weight is 438 g/mol. The highest BCUT2D eigenvalue weighted by Crippen LogP contribution is 2.25. The lowest BCUT2D eigenvalue weighted by molar-refractivity contribution is 0.628. The molecule has 0 amide bonds. The van der Waals surface area contributed by atoms with E-state index >= 15 is 0 Å². The number of aromatic nitrogens is 4. The van der Waals surface area contributed by atoms with Gasteiger partial charge >= 0.3 is 0 Å². The van der Waals surface area contributed by atoms with Crippen LogP contribution in [0, 0.1) is 5.82 Å². The van der Waals surface area contributed by atoms with E-state index in [4.69, 9.17) is 5.10 Å². The average Bonchev–Trinajstić information content (AvgIpc) is 3.48. The first-order chi connectivity index (χ1) is 15.7. The Morgan fingerprint density at radius 3 is 2.47 bits per heavy atom. The normalized spacial score (nSPS) is 12.2. The van der Waals surface area contributed by atoms with Crippen molar-refractivity contribution in [2.75, 3.05) is 0 Å². The van der Waals surface area contributed by atoms with Gasteiger partial charge in [-0.25, -0.2) is 18.5 Å². The molecule has 32 heavy (non-hydrogen) atoms. The Kier molecular flexibility index (Phi) is 4.22. The van der Waals surface area contributed by atoms with Gasteiger partial charge in [-0.1, -0.05) is 41.7 Å². The van der Waals surface area contributed by atoms with Crippen molar-refractivity contribution >= 4 is 33.4 Å². The highest BCUT2D eigenvalue weighted by Gasteiger charge is 2.14. The van der Waals surface area contributed by atoms with Crippen LogP contribution in [0.15, 0.2) is 89.9 Å². The number of imidazole rings is 1. The van der Waals surface area contributed by atoms with E-state index in [1.807, 2.05) is 66.9 Å². The van der Waals surface area contributed by atoms with E-state index in [0.29, 0.717) is 15.2 Å². The maximum atomic E-state index is 13.5. The summed E-state index contributed by atoms with van der Waals surface area (Å²) in [4.78, 5) is 18.4. The summed E-state index contributed by atoms with van der Waals surface area (Å²) in [7, 11) is 0. The molecular formula is C25H15FN4OS. The largest absolute Gasteiger partial charge is 0.274 e. The van der Waals surface area contributed by atoms with Crippen LogP contribution in [0.4, 0.5) is 4.39 Å². The fraction of sp³-hybridized carbons (Fsp3) is 0. The molecule has 3 heterocycles. The number of nitrogens with zero attached hydrogens (tertiary/aromatic N) is 4. The second-order valence-electron chi connectivity index (χ2n) is 7.35. The molecule has 0 spiro atoms. The van der Waals surface area contributed by atoms with Gasteiger partial charge in [-0.05, 0) is 54.6 Å². The number of rotatable bonds is 3. The fourth-order valence-electron chi connectivity index (χ4n) is 3.79. The lowest BCUT2D eigenvalue weighted by atomic mass is 10.1. The van der Waals surface area contributed by atoms with Gasteiger partial charge in [0, 0.05) is 17.3 Å². The molecular weight excluding hydrogens is 423 g/mol. The molecule has 6 aromatic rings. The second-order valence-corrected chi connectivity index (χ2v) is 8.36. The van der Waals surface area contributed by atoms with E-state index in [1.54, 1.807) is 21.2 Å². The number of hydrogen-bond donors (Lipinski definition) is 0. The van der Waals surface area contributed by atoms with E-state index in [9.17, 15) is 9.18 Å². The van der Waals surface area contributed by atoms with Crippen molar-refractivity contribution in [3.63, 3.8) is 0 Å². The lowest BCUT2D eigenvalue weighted by Gasteiger charge is -2.00. The molecule has 6 rings (SSSR count). The third-order valence-corrected chi connectivity index (χ3v) is 6.28. The predicted molar refractivity (Wildman–Crippen MR) is 125 cm³/mol. The SMILES string of the molecule is O=c1/c(=C\c2cn(-c3ccccc3)nc2-c2ccc(F)cc2)sc2nc3ccccc3n12. The van der Waals surface area contributed by atoms with Gasteiger partial charge in [0.1, 0.15) is 11.5 Å². The van der Waals surface area contributed by atoms with Gasteiger partial charge in [0.2, 0.25) is 0 Å². The summed E-state index contributed by atoms with van der Waals surface area (Å²) < 4.78 is 17.5. The molecule has 7 heteroatoms. The van der Waals surface area contributed by atoms with Crippen LogP contribution in [0.1, 0.15) is 5.56 Å². The number of halogens is 1. The molecule has 0 N–H and O–H groups in total. The molecule has 0 fully saturated rings. The van der Waals surface area contributed by atoms with Gasteiger partial charge in [0.15, 0.2) is 4.96 Å². The zero-order chi connectivity index (χ0) is 21.7. The van der Waals surface area contributed by atoms with Crippen molar-refractivity contribution in [2.24, 2.45) is 0 Å². The van der Waals surface area contributed by atoms with Crippen molar-refractivity contribution in [3.05, 3.63) is 111 Å². The quantitative estimate of drug-likeness (QED) is 0.410. The van der Waals surface area contributed by atoms with Gasteiger partial charge < -0.3 is 0 Å². The van der Waals surface area contributed by atoms with Crippen LogP contribution in [0.2, 0.25) is 0 Å². The minimum Gasteiger partial charge on any atom is -0.267 e. The van der Waals surface area contributed by atoms with Gasteiger partial charge in [-0.3, -0.25) is 4.79 Å². The summed E-state index contributed by atoms with van der Waals surface area (Å²) in [6.45, 7) is 0. The molecule has 0 bridgehead atoms. The van der Waals surface area contributed by atoms with Crippen LogP contribution >= 0.6 is 11.3 Å². The van der Waals surface area contributed by atoms with Crippen LogP contribution in [-0.4, -0.2) is 19.2 Å². The third-order valence-electron chi connectivity index (χ3n) is 5.31. The minimum atomic E-state index is -0.310. The predicted octanol–water partition coefficient (Wildman–Crippen LogP) is 4.45. The smallest absolute Gasteiger partial charge is 0.267 e. The van der Waals surface area contributed by atoms with Gasteiger partial charge in [0.05, 0.1) is 21.3 Å². The first-order valence-electron chi connectivity index (χ1n) is 10.0. The van der Waals surface area contributed by atoms with Crippen LogP contribution in [0.3, 0.4) is 0 Å². The lowest BCUT2D eigenvalue weighted by Crippen LogP contribution is -2.22. The molecule has 0 atom stereocenters. The van der Waals surface area contributed by atoms with E-state index in [0.717, 1.165) is 27.8 Å². The van der Waals surface area contributed by atoms with Crippen molar-refractivity contribution in [3.8, 4) is 16.9 Å². The number of para-hydroxylation sites is 3. The Morgan fingerprint density at radius 2 is 1.66 bits per heavy atom. The second kappa shape index (κ2) is 7.25. The third kappa shape index (κ3) is 3.02. The highest BCUT2D eigenvalue weighted by atomic mass is 32.1. The summed E-state index contributed by atoms with van der Waals surface area (Å²) in [6, 6.07) is 23.5. The number of thiazole rings is 1. The van der Waals surface area contributed by atoms with Crippen molar-refractivity contribution in [1.29, 1.82) is 0 Å². The molecule has 0 unspecified atom stereocenters. The van der Waals surface area contributed by atoms with Crippen molar-refractivity contribution in [1.82, 2.24) is 19.2 Å². The Bertz CT molecular complexity index is 1700. The Labute approximate surface area is 185 Å². The molecule has 3 aromatic carbocycles. The first-order valence-corrected chi connectivity index (χ1v) is 10.8. The standard InChI is InChI=1S/C25H15FN4OS/c26-18-12-10-16(11-13-18)23-17(15-29(28-23)19-6-2-1-3-7-19)14-22-24(31)30-21-9-5-4-8-20(21)27-25(30)32-22/h1-15H/b22-14+. The number of hydrogen-bond acceptors (Lipinski definition) is 4. The number of benzene rings is 3. The highest BCUT2D eigenvalue weighted by molar-refractivity contribution is 7.15. The van der Waals surface area contributed by atoms with Gasteiger partial charge in [0.25, 0.3) is 5.56 Å². The molecule has 0 saturated carbocycles. The minimum absolute atomic E-state index is 0.115. The summed E-state index contributed by atoms with van der Waals surface area (Å²) >= 11 is 1.34. The topological polar surface area (TPSA) is 52.2 Å². The van der Waals surface area contributed by atoms with Crippen molar-refractivity contribution in [2.45, 2.75) is 0 Å². The zero-order valence-electron chi connectivity index (χ0n) is 16.6. The van der Waals surface area contributed by atoms with Crippen LogP contribution in [-0.2, 0) is 0 Å². The molecule has 0 radical (unpaired) electrons. The van der Waals surface area contributed by atoms with Gasteiger partial charge in [-0.2, -0.15) is 5.10 Å².